The predicted molar refractivity (Wildman–Crippen MR) is 54.8 cm³/mol. The van der Waals surface area contributed by atoms with Gasteiger partial charge in [-0.1, -0.05) is 0 Å². The van der Waals surface area contributed by atoms with Crippen molar-refractivity contribution in [1.82, 2.24) is 9.55 Å². The highest BCUT2D eigenvalue weighted by molar-refractivity contribution is 5.23. The number of aliphatic hydroxyl groups excluding tert-OH is 2. The highest BCUT2D eigenvalue weighted by atomic mass is 19.1. The standard InChI is InChI=1S/C9H12FN3O4/c10-6-7(15)4(3-14)17-8(6)13-2-1-5(11)12-9(13)16/h1-2,4,6-8,14-15H,3H2,(H2,11,12,16)/t4-,6-,7+,8+/m0/s1. The molecule has 0 aliphatic carbocycles. The lowest BCUT2D eigenvalue weighted by molar-refractivity contribution is -0.0490. The van der Waals surface area contributed by atoms with E-state index < -0.39 is 36.9 Å². The number of nitrogens with zero attached hydrogens (tertiary/aromatic N) is 2. The van der Waals surface area contributed by atoms with Gasteiger partial charge >= 0.3 is 5.69 Å². The summed E-state index contributed by atoms with van der Waals surface area (Å²) in [5.74, 6) is 0.0129. The van der Waals surface area contributed by atoms with Crippen molar-refractivity contribution in [2.75, 3.05) is 12.3 Å². The molecular formula is C9H12FN3O4. The molecule has 0 amide bonds. The van der Waals surface area contributed by atoms with Crippen LogP contribution in [0.1, 0.15) is 6.23 Å². The van der Waals surface area contributed by atoms with E-state index in [-0.39, 0.29) is 5.82 Å². The summed E-state index contributed by atoms with van der Waals surface area (Å²) in [5, 5.41) is 18.3. The Hall–Kier alpha value is -1.51. The second-order valence-corrected chi connectivity index (χ2v) is 3.72. The molecule has 1 aliphatic heterocycles. The van der Waals surface area contributed by atoms with Crippen molar-refractivity contribution < 1.29 is 19.3 Å². The molecule has 4 atom stereocenters. The zero-order valence-electron chi connectivity index (χ0n) is 8.73. The van der Waals surface area contributed by atoms with Gasteiger partial charge in [0, 0.05) is 6.20 Å². The van der Waals surface area contributed by atoms with E-state index in [1.807, 2.05) is 0 Å². The van der Waals surface area contributed by atoms with E-state index in [9.17, 15) is 14.3 Å². The normalized spacial score (nSPS) is 32.9. The number of ether oxygens (including phenoxy) is 1. The molecule has 17 heavy (non-hydrogen) atoms. The summed E-state index contributed by atoms with van der Waals surface area (Å²) in [5.41, 5.74) is 4.52. The zero-order valence-corrected chi connectivity index (χ0v) is 8.73. The lowest BCUT2D eigenvalue weighted by Gasteiger charge is -2.15. The van der Waals surface area contributed by atoms with Crippen LogP contribution in [0.2, 0.25) is 0 Å². The predicted octanol–water partition coefficient (Wildman–Crippen LogP) is -1.59. The van der Waals surface area contributed by atoms with Crippen molar-refractivity contribution in [2.45, 2.75) is 24.6 Å². The van der Waals surface area contributed by atoms with Gasteiger partial charge in [-0.05, 0) is 6.07 Å². The Labute approximate surface area is 95.3 Å². The third-order valence-electron chi connectivity index (χ3n) is 2.60. The number of hydrogen-bond acceptors (Lipinski definition) is 6. The van der Waals surface area contributed by atoms with Gasteiger partial charge in [0.25, 0.3) is 0 Å². The maximum absolute atomic E-state index is 13.7. The highest BCUT2D eigenvalue weighted by Crippen LogP contribution is 2.30. The molecule has 2 rings (SSSR count). The van der Waals surface area contributed by atoms with Crippen LogP contribution in [-0.4, -0.2) is 44.8 Å². The minimum atomic E-state index is -1.81. The number of aliphatic hydroxyl groups is 2. The molecule has 4 N–H and O–H groups in total. The largest absolute Gasteiger partial charge is 0.394 e. The van der Waals surface area contributed by atoms with E-state index in [1.165, 1.54) is 12.3 Å². The van der Waals surface area contributed by atoms with Gasteiger partial charge in [-0.25, -0.2) is 9.18 Å². The smallest absolute Gasteiger partial charge is 0.351 e. The lowest BCUT2D eigenvalue weighted by atomic mass is 10.1. The molecule has 2 heterocycles. The van der Waals surface area contributed by atoms with E-state index in [0.717, 1.165) is 4.57 Å². The monoisotopic (exact) mass is 245 g/mol. The summed E-state index contributed by atoms with van der Waals surface area (Å²) in [6.45, 7) is -0.533. The summed E-state index contributed by atoms with van der Waals surface area (Å²) in [6.07, 6.45) is -4.42. The van der Waals surface area contributed by atoms with Crippen LogP contribution in [0.4, 0.5) is 10.2 Å². The number of aromatic nitrogens is 2. The highest BCUT2D eigenvalue weighted by Gasteiger charge is 2.45. The van der Waals surface area contributed by atoms with Crippen molar-refractivity contribution >= 4 is 5.82 Å². The van der Waals surface area contributed by atoms with Crippen LogP contribution < -0.4 is 11.4 Å². The maximum atomic E-state index is 13.7. The Bertz CT molecular complexity index is 466. The van der Waals surface area contributed by atoms with Gasteiger partial charge < -0.3 is 20.7 Å². The van der Waals surface area contributed by atoms with E-state index >= 15 is 0 Å². The second-order valence-electron chi connectivity index (χ2n) is 3.72. The number of alkyl halides is 1. The molecule has 1 saturated heterocycles. The van der Waals surface area contributed by atoms with Gasteiger partial charge in [-0.15, -0.1) is 0 Å². The van der Waals surface area contributed by atoms with E-state index in [1.54, 1.807) is 0 Å². The van der Waals surface area contributed by atoms with Crippen molar-refractivity contribution in [2.24, 2.45) is 0 Å². The van der Waals surface area contributed by atoms with Gasteiger partial charge in [0.15, 0.2) is 12.4 Å². The van der Waals surface area contributed by atoms with Crippen molar-refractivity contribution in [3.63, 3.8) is 0 Å². The first-order valence-corrected chi connectivity index (χ1v) is 4.97. The Morgan fingerprint density at radius 2 is 2.35 bits per heavy atom. The van der Waals surface area contributed by atoms with Crippen LogP contribution in [0.3, 0.4) is 0 Å². The molecular weight excluding hydrogens is 233 g/mol. The molecule has 0 bridgehead atoms. The van der Waals surface area contributed by atoms with Crippen molar-refractivity contribution in [3.8, 4) is 0 Å². The first-order valence-electron chi connectivity index (χ1n) is 4.97. The van der Waals surface area contributed by atoms with Gasteiger partial charge in [-0.3, -0.25) is 4.57 Å². The van der Waals surface area contributed by atoms with Crippen LogP contribution in [-0.2, 0) is 4.74 Å². The molecule has 0 saturated carbocycles. The number of nitrogens with two attached hydrogens (primary N) is 1. The SMILES string of the molecule is Nc1ccn([C@@H]2O[C@@H](CO)[C@@H](O)[C@@H]2F)c(=O)n1. The Morgan fingerprint density at radius 1 is 1.65 bits per heavy atom. The van der Waals surface area contributed by atoms with Crippen LogP contribution in [0.5, 0.6) is 0 Å². The van der Waals surface area contributed by atoms with E-state index in [2.05, 4.69) is 4.98 Å². The van der Waals surface area contributed by atoms with Gasteiger partial charge in [0.05, 0.1) is 6.61 Å². The number of halogens is 1. The summed E-state index contributed by atoms with van der Waals surface area (Å²) in [6, 6.07) is 1.32. The molecule has 7 nitrogen and oxygen atoms in total. The first kappa shape index (κ1) is 12.0. The Morgan fingerprint density at radius 3 is 2.88 bits per heavy atom. The van der Waals surface area contributed by atoms with E-state index in [0.29, 0.717) is 0 Å². The number of anilines is 1. The molecule has 1 aromatic rings. The molecule has 0 spiro atoms. The fraction of sp³-hybridized carbons (Fsp3) is 0.556. The molecule has 94 valence electrons. The van der Waals surface area contributed by atoms with Crippen molar-refractivity contribution in [1.29, 1.82) is 0 Å². The molecule has 8 heteroatoms. The molecule has 0 unspecified atom stereocenters. The topological polar surface area (TPSA) is 111 Å². The maximum Gasteiger partial charge on any atom is 0.351 e. The van der Waals surface area contributed by atoms with E-state index in [4.69, 9.17) is 15.6 Å². The van der Waals surface area contributed by atoms with Crippen molar-refractivity contribution in [3.05, 3.63) is 22.7 Å². The number of rotatable bonds is 2. The molecule has 1 aliphatic rings. The van der Waals surface area contributed by atoms with Crippen LogP contribution >= 0.6 is 0 Å². The fourth-order valence-electron chi connectivity index (χ4n) is 1.70. The average molecular weight is 245 g/mol. The average Bonchev–Trinajstić information content (AvgIpc) is 2.57. The second kappa shape index (κ2) is 4.40. The molecule has 0 aromatic carbocycles. The zero-order chi connectivity index (χ0) is 12.6. The number of nitrogen functional groups attached to an aromatic ring is 1. The Kier molecular flexibility index (Phi) is 3.09. The quantitative estimate of drug-likeness (QED) is 0.579. The summed E-state index contributed by atoms with van der Waals surface area (Å²) in [4.78, 5) is 14.9. The minimum absolute atomic E-state index is 0.0129. The third kappa shape index (κ3) is 2.02. The third-order valence-corrected chi connectivity index (χ3v) is 2.60. The summed E-state index contributed by atoms with van der Waals surface area (Å²) >= 11 is 0. The van der Waals surface area contributed by atoms with Gasteiger partial charge in [0.1, 0.15) is 18.0 Å². The summed E-state index contributed by atoms with van der Waals surface area (Å²) < 4.78 is 19.6. The Balaban J connectivity index is 2.32. The summed E-state index contributed by atoms with van der Waals surface area (Å²) in [7, 11) is 0. The van der Waals surface area contributed by atoms with Crippen LogP contribution in [0, 0.1) is 0 Å². The lowest BCUT2D eigenvalue weighted by Crippen LogP contribution is -2.33. The van der Waals surface area contributed by atoms with Gasteiger partial charge in [-0.2, -0.15) is 4.98 Å². The minimum Gasteiger partial charge on any atom is -0.394 e. The molecule has 1 aromatic heterocycles. The number of hydrogen-bond donors (Lipinski definition) is 3. The van der Waals surface area contributed by atoms with Crippen LogP contribution in [0.15, 0.2) is 17.1 Å². The first-order chi connectivity index (χ1) is 8.04. The van der Waals surface area contributed by atoms with Gasteiger partial charge in [0.2, 0.25) is 0 Å². The fourth-order valence-corrected chi connectivity index (χ4v) is 1.70. The van der Waals surface area contributed by atoms with Crippen LogP contribution in [0.25, 0.3) is 0 Å². The molecule has 1 fully saturated rings. The molecule has 0 radical (unpaired) electrons.